The minimum absolute atomic E-state index is 0. The molecule has 148 valence electrons. The van der Waals surface area contributed by atoms with Crippen LogP contribution in [0.3, 0.4) is 0 Å². The van der Waals surface area contributed by atoms with Gasteiger partial charge in [-0.2, -0.15) is 0 Å². The molecule has 26 heavy (non-hydrogen) atoms. The van der Waals surface area contributed by atoms with Crippen LogP contribution in [0.15, 0.2) is 23.3 Å². The highest BCUT2D eigenvalue weighted by Crippen LogP contribution is 2.15. The molecule has 0 fully saturated rings. The molecule has 0 bridgehead atoms. The van der Waals surface area contributed by atoms with E-state index in [0.29, 0.717) is 25.1 Å². The average Bonchev–Trinajstić information content (AvgIpc) is 2.55. The van der Waals surface area contributed by atoms with Crippen LogP contribution in [0.2, 0.25) is 0 Å². The van der Waals surface area contributed by atoms with E-state index in [-0.39, 0.29) is 24.5 Å². The summed E-state index contributed by atoms with van der Waals surface area (Å²) in [6.07, 6.45) is 4.34. The second kappa shape index (κ2) is 10.8. The Kier molecular flexibility index (Phi) is 9.97. The first-order valence-electron chi connectivity index (χ1n) is 8.13. The van der Waals surface area contributed by atoms with Crippen molar-refractivity contribution < 1.29 is 29.3 Å². The fourth-order valence-corrected chi connectivity index (χ4v) is 2.19. The van der Waals surface area contributed by atoms with Crippen molar-refractivity contribution >= 4 is 30.4 Å². The normalized spacial score (nSPS) is 16.8. The lowest BCUT2D eigenvalue weighted by Gasteiger charge is -2.29. The Bertz CT molecular complexity index is 580. The van der Waals surface area contributed by atoms with Crippen molar-refractivity contribution in [1.82, 2.24) is 10.2 Å². The number of ether oxygens (including phenoxy) is 1. The van der Waals surface area contributed by atoms with Gasteiger partial charge in [0.1, 0.15) is 5.60 Å². The minimum Gasteiger partial charge on any atom is -0.478 e. The van der Waals surface area contributed by atoms with E-state index in [1.165, 1.54) is 4.90 Å². The smallest absolute Gasteiger partial charge is 0.410 e. The van der Waals surface area contributed by atoms with E-state index < -0.39 is 23.6 Å². The second-order valence-electron chi connectivity index (χ2n) is 6.73. The Labute approximate surface area is 159 Å². The summed E-state index contributed by atoms with van der Waals surface area (Å²) in [5, 5.41) is 20.2. The van der Waals surface area contributed by atoms with Gasteiger partial charge in [0.15, 0.2) is 0 Å². The van der Waals surface area contributed by atoms with Crippen LogP contribution in [-0.4, -0.2) is 64.9 Å². The summed E-state index contributed by atoms with van der Waals surface area (Å²) < 4.78 is 5.17. The molecule has 0 aromatic heterocycles. The quantitative estimate of drug-likeness (QED) is 0.660. The van der Waals surface area contributed by atoms with E-state index in [2.05, 4.69) is 5.32 Å². The van der Waals surface area contributed by atoms with Gasteiger partial charge in [-0.05, 0) is 40.2 Å². The number of hydrogen-bond donors (Lipinski definition) is 3. The Morgan fingerprint density at radius 3 is 2.08 bits per heavy atom. The van der Waals surface area contributed by atoms with Gasteiger partial charge in [0.25, 0.3) is 0 Å². The number of carboxylic acids is 2. The lowest BCUT2D eigenvalue weighted by Crippen LogP contribution is -2.40. The summed E-state index contributed by atoms with van der Waals surface area (Å²) in [6, 6.07) is 0. The van der Waals surface area contributed by atoms with Crippen molar-refractivity contribution in [3.05, 3.63) is 23.3 Å². The zero-order valence-electron chi connectivity index (χ0n) is 15.3. The number of aliphatic carboxylic acids is 2. The molecule has 0 atom stereocenters. The molecular formula is C17H27ClN2O6. The summed E-state index contributed by atoms with van der Waals surface area (Å²) in [5.41, 5.74) is 0.181. The first-order chi connectivity index (χ1) is 11.6. The van der Waals surface area contributed by atoms with Crippen molar-refractivity contribution in [2.24, 2.45) is 0 Å². The molecule has 2 rings (SSSR count). The molecule has 1 amide bonds. The van der Waals surface area contributed by atoms with Gasteiger partial charge in [0, 0.05) is 18.7 Å². The molecule has 0 spiro atoms. The zero-order valence-corrected chi connectivity index (χ0v) is 16.1. The van der Waals surface area contributed by atoms with Gasteiger partial charge in [0.05, 0.1) is 12.1 Å². The summed E-state index contributed by atoms with van der Waals surface area (Å²) in [6.45, 7) is 7.37. The molecule has 9 heteroatoms. The van der Waals surface area contributed by atoms with Gasteiger partial charge < -0.3 is 25.2 Å². The number of halogens is 1. The van der Waals surface area contributed by atoms with Gasteiger partial charge in [-0.3, -0.25) is 0 Å². The standard InChI is InChI=1S/C11H17NO4.C6H9NO2.ClH/c1-11(2,3)16-10(15)12-6-4-5-8(7-12)9(13)14;8-6(9)5-2-1-3-7-4-5;/h5H,4,6-7H2,1-3H3,(H,13,14);2,7H,1,3-4H2,(H,8,9);1H. The molecule has 8 nitrogen and oxygen atoms in total. The molecule has 2 aliphatic heterocycles. The lowest BCUT2D eigenvalue weighted by molar-refractivity contribution is -0.133. The predicted octanol–water partition coefficient (Wildman–Crippen LogP) is 2.05. The van der Waals surface area contributed by atoms with Gasteiger partial charge in [0.2, 0.25) is 0 Å². The predicted molar refractivity (Wildman–Crippen MR) is 98.6 cm³/mol. The highest BCUT2D eigenvalue weighted by atomic mass is 35.5. The molecule has 2 heterocycles. The molecule has 0 radical (unpaired) electrons. The number of amides is 1. The number of hydrogen-bond acceptors (Lipinski definition) is 5. The maximum absolute atomic E-state index is 11.7. The van der Waals surface area contributed by atoms with Crippen LogP contribution in [0.1, 0.15) is 33.6 Å². The molecule has 0 aliphatic carbocycles. The largest absolute Gasteiger partial charge is 0.478 e. The van der Waals surface area contributed by atoms with Gasteiger partial charge in [-0.15, -0.1) is 12.4 Å². The van der Waals surface area contributed by atoms with Crippen molar-refractivity contribution in [1.29, 1.82) is 0 Å². The Morgan fingerprint density at radius 2 is 1.65 bits per heavy atom. The third kappa shape index (κ3) is 8.87. The van der Waals surface area contributed by atoms with Gasteiger partial charge >= 0.3 is 18.0 Å². The van der Waals surface area contributed by atoms with Crippen LogP contribution in [-0.2, 0) is 14.3 Å². The number of carboxylic acid groups (broad SMARTS) is 2. The molecule has 0 unspecified atom stereocenters. The number of nitrogens with one attached hydrogen (secondary N) is 1. The van der Waals surface area contributed by atoms with Crippen molar-refractivity contribution in [3.63, 3.8) is 0 Å². The first kappa shape index (κ1) is 23.9. The van der Waals surface area contributed by atoms with Crippen molar-refractivity contribution in [2.75, 3.05) is 26.2 Å². The zero-order chi connectivity index (χ0) is 19.0. The van der Waals surface area contributed by atoms with Crippen molar-refractivity contribution in [2.45, 2.75) is 39.2 Å². The van der Waals surface area contributed by atoms with Gasteiger partial charge in [-0.1, -0.05) is 12.2 Å². The summed E-state index contributed by atoms with van der Waals surface area (Å²) in [4.78, 5) is 34.1. The number of nitrogens with zero attached hydrogens (tertiary/aromatic N) is 1. The third-order valence-corrected chi connectivity index (χ3v) is 3.38. The van der Waals surface area contributed by atoms with E-state index in [0.717, 1.165) is 13.0 Å². The van der Waals surface area contributed by atoms with E-state index in [9.17, 15) is 14.4 Å². The maximum Gasteiger partial charge on any atom is 0.410 e. The van der Waals surface area contributed by atoms with Crippen LogP contribution in [0.5, 0.6) is 0 Å². The SMILES string of the molecule is CC(C)(C)OC(=O)N1CCC=C(C(=O)O)C1.Cl.O=C(O)C1=CCCNC1. The molecule has 0 aromatic rings. The topological polar surface area (TPSA) is 116 Å². The molecule has 3 N–H and O–H groups in total. The van der Waals surface area contributed by atoms with Crippen LogP contribution < -0.4 is 5.32 Å². The molecular weight excluding hydrogens is 364 g/mol. The summed E-state index contributed by atoms with van der Waals surface area (Å²) in [7, 11) is 0. The second-order valence-corrected chi connectivity index (χ2v) is 6.73. The third-order valence-electron chi connectivity index (χ3n) is 3.38. The fraction of sp³-hybridized carbons (Fsp3) is 0.588. The minimum atomic E-state index is -0.978. The highest BCUT2D eigenvalue weighted by Gasteiger charge is 2.26. The van der Waals surface area contributed by atoms with Crippen LogP contribution in [0, 0.1) is 0 Å². The fourth-order valence-electron chi connectivity index (χ4n) is 2.19. The van der Waals surface area contributed by atoms with Crippen LogP contribution >= 0.6 is 12.4 Å². The molecule has 2 aliphatic rings. The summed E-state index contributed by atoms with van der Waals surface area (Å²) >= 11 is 0. The van der Waals surface area contributed by atoms with Gasteiger partial charge in [-0.25, -0.2) is 14.4 Å². The van der Waals surface area contributed by atoms with E-state index in [1.807, 2.05) is 0 Å². The summed E-state index contributed by atoms with van der Waals surface area (Å²) in [5.74, 6) is -1.78. The Balaban J connectivity index is 0.000000532. The first-order valence-corrected chi connectivity index (χ1v) is 8.13. The number of rotatable bonds is 2. The molecule has 0 saturated heterocycles. The highest BCUT2D eigenvalue weighted by molar-refractivity contribution is 5.88. The Morgan fingerprint density at radius 1 is 1.08 bits per heavy atom. The van der Waals surface area contributed by atoms with E-state index >= 15 is 0 Å². The van der Waals surface area contributed by atoms with Crippen LogP contribution in [0.4, 0.5) is 4.79 Å². The van der Waals surface area contributed by atoms with E-state index in [4.69, 9.17) is 14.9 Å². The van der Waals surface area contributed by atoms with E-state index in [1.54, 1.807) is 32.9 Å². The number of carbonyl (C=O) groups is 3. The Hall–Kier alpha value is -2.06. The number of carbonyl (C=O) groups excluding carboxylic acids is 1. The van der Waals surface area contributed by atoms with Crippen LogP contribution in [0.25, 0.3) is 0 Å². The lowest BCUT2D eigenvalue weighted by atomic mass is 10.1. The molecule has 0 aromatic carbocycles. The average molecular weight is 391 g/mol. The monoisotopic (exact) mass is 390 g/mol. The maximum atomic E-state index is 11.7. The molecule has 0 saturated carbocycles. The van der Waals surface area contributed by atoms with Crippen molar-refractivity contribution in [3.8, 4) is 0 Å².